The number of hydrogen-bond acceptors (Lipinski definition) is 4. The molecule has 3 aromatic rings. The molecule has 3 rings (SSSR count). The minimum atomic E-state index is -1.29. The topological polar surface area (TPSA) is 140 Å². The average molecular weight is 328 g/mol. The van der Waals surface area contributed by atoms with Crippen LogP contribution in [0, 0.1) is 13.8 Å². The van der Waals surface area contributed by atoms with Gasteiger partial charge in [0.05, 0.1) is 21.8 Å². The lowest BCUT2D eigenvalue weighted by molar-refractivity contribution is 0.0680. The van der Waals surface area contributed by atoms with Gasteiger partial charge in [-0.3, -0.25) is 9.59 Å². The summed E-state index contributed by atoms with van der Waals surface area (Å²) >= 11 is 0. The predicted octanol–water partition coefficient (Wildman–Crippen LogP) is 1.38. The molecule has 0 aliphatic heterocycles. The lowest BCUT2D eigenvalue weighted by Crippen LogP contribution is -2.15. The van der Waals surface area contributed by atoms with Crippen LogP contribution in [0.4, 0.5) is 0 Å². The third kappa shape index (κ3) is 2.08. The van der Waals surface area contributed by atoms with Crippen LogP contribution >= 0.6 is 0 Å². The standard InChI is InChI=1S/C16H12N2O6/c1-5-11-9(19)3-8(16(23)24)18-14(11)6(2)12-10(20)4-7(15(21)22)17-13(5)12/h3-4H,1-2H3,(H,17,20)(H,18,19)(H,21,22)(H,23,24). The van der Waals surface area contributed by atoms with E-state index in [1.807, 2.05) is 0 Å². The van der Waals surface area contributed by atoms with E-state index in [0.717, 1.165) is 12.1 Å². The van der Waals surface area contributed by atoms with E-state index in [1.54, 1.807) is 13.8 Å². The van der Waals surface area contributed by atoms with Crippen molar-refractivity contribution < 1.29 is 19.8 Å². The molecule has 0 saturated carbocycles. The van der Waals surface area contributed by atoms with Gasteiger partial charge in [0.2, 0.25) is 0 Å². The highest BCUT2D eigenvalue weighted by molar-refractivity contribution is 6.04. The molecule has 0 atom stereocenters. The van der Waals surface area contributed by atoms with E-state index < -0.39 is 22.8 Å². The highest BCUT2D eigenvalue weighted by Crippen LogP contribution is 2.26. The van der Waals surface area contributed by atoms with E-state index in [0.29, 0.717) is 11.1 Å². The fraction of sp³-hybridized carbons (Fsp3) is 0.125. The fourth-order valence-electron chi connectivity index (χ4n) is 2.91. The largest absolute Gasteiger partial charge is 0.477 e. The number of fused-ring (bicyclic) bond motifs is 2. The average Bonchev–Trinajstić information content (AvgIpc) is 2.50. The van der Waals surface area contributed by atoms with Gasteiger partial charge in [0.1, 0.15) is 11.4 Å². The Hall–Kier alpha value is -3.42. The van der Waals surface area contributed by atoms with E-state index in [2.05, 4.69) is 9.97 Å². The Morgan fingerprint density at radius 2 is 1.12 bits per heavy atom. The normalized spacial score (nSPS) is 11.1. The number of aryl methyl sites for hydroxylation is 2. The van der Waals surface area contributed by atoms with Gasteiger partial charge in [0.25, 0.3) is 0 Å². The highest BCUT2D eigenvalue weighted by Gasteiger charge is 2.18. The molecule has 0 amide bonds. The minimum Gasteiger partial charge on any atom is -0.477 e. The van der Waals surface area contributed by atoms with Gasteiger partial charge in [-0.25, -0.2) is 9.59 Å². The number of carboxylic acid groups (broad SMARTS) is 2. The number of aromatic amines is 2. The summed E-state index contributed by atoms with van der Waals surface area (Å²) in [4.78, 5) is 52.3. The molecule has 24 heavy (non-hydrogen) atoms. The van der Waals surface area contributed by atoms with Crippen LogP contribution in [-0.2, 0) is 0 Å². The van der Waals surface area contributed by atoms with E-state index in [1.165, 1.54) is 0 Å². The summed E-state index contributed by atoms with van der Waals surface area (Å²) in [7, 11) is 0. The van der Waals surface area contributed by atoms with Crippen molar-refractivity contribution in [2.24, 2.45) is 0 Å². The monoisotopic (exact) mass is 328 g/mol. The molecule has 0 aliphatic rings. The number of hydrogen-bond donors (Lipinski definition) is 4. The van der Waals surface area contributed by atoms with Crippen molar-refractivity contribution >= 4 is 33.7 Å². The summed E-state index contributed by atoms with van der Waals surface area (Å²) in [5.74, 6) is -2.58. The van der Waals surface area contributed by atoms with Crippen LogP contribution < -0.4 is 10.9 Å². The van der Waals surface area contributed by atoms with Crippen molar-refractivity contribution in [3.63, 3.8) is 0 Å². The molecular weight excluding hydrogens is 316 g/mol. The van der Waals surface area contributed by atoms with E-state index in [-0.39, 0.29) is 33.2 Å². The van der Waals surface area contributed by atoms with Crippen LogP contribution in [0.15, 0.2) is 21.7 Å². The molecule has 0 aliphatic carbocycles. The van der Waals surface area contributed by atoms with Gasteiger partial charge in [0, 0.05) is 12.1 Å². The maximum Gasteiger partial charge on any atom is 0.352 e. The van der Waals surface area contributed by atoms with Crippen LogP contribution in [-0.4, -0.2) is 32.1 Å². The first-order valence-electron chi connectivity index (χ1n) is 6.92. The minimum absolute atomic E-state index is 0.211. The van der Waals surface area contributed by atoms with Crippen molar-refractivity contribution in [1.29, 1.82) is 0 Å². The van der Waals surface area contributed by atoms with Gasteiger partial charge < -0.3 is 20.2 Å². The summed E-state index contributed by atoms with van der Waals surface area (Å²) in [6, 6.07) is 1.92. The van der Waals surface area contributed by atoms with Crippen molar-refractivity contribution in [2.45, 2.75) is 13.8 Å². The van der Waals surface area contributed by atoms with Gasteiger partial charge in [-0.05, 0) is 25.0 Å². The Labute approximate surface area is 133 Å². The Balaban J connectivity index is 2.64. The second kappa shape index (κ2) is 5.05. The van der Waals surface area contributed by atoms with Crippen LogP contribution in [0.1, 0.15) is 32.1 Å². The van der Waals surface area contributed by atoms with Crippen molar-refractivity contribution in [2.75, 3.05) is 0 Å². The van der Waals surface area contributed by atoms with Crippen molar-refractivity contribution in [3.05, 3.63) is 55.1 Å². The first kappa shape index (κ1) is 15.5. The Bertz CT molecular complexity index is 1080. The zero-order valence-electron chi connectivity index (χ0n) is 12.7. The number of H-pyrrole nitrogens is 2. The Morgan fingerprint density at radius 1 is 0.792 bits per heavy atom. The molecular formula is C16H12N2O6. The summed E-state index contributed by atoms with van der Waals surface area (Å²) in [6.07, 6.45) is 0. The van der Waals surface area contributed by atoms with Gasteiger partial charge in [0.15, 0.2) is 10.9 Å². The molecule has 4 N–H and O–H groups in total. The maximum absolute atomic E-state index is 12.3. The van der Waals surface area contributed by atoms with Gasteiger partial charge in [-0.1, -0.05) is 0 Å². The molecule has 0 bridgehead atoms. The molecule has 0 saturated heterocycles. The van der Waals surface area contributed by atoms with Crippen LogP contribution in [0.25, 0.3) is 21.8 Å². The third-order valence-corrected chi connectivity index (χ3v) is 4.02. The number of pyridine rings is 2. The molecule has 8 nitrogen and oxygen atoms in total. The summed E-state index contributed by atoms with van der Waals surface area (Å²) < 4.78 is 0. The highest BCUT2D eigenvalue weighted by atomic mass is 16.4. The lowest BCUT2D eigenvalue weighted by Gasteiger charge is -2.12. The smallest absolute Gasteiger partial charge is 0.352 e. The zero-order valence-corrected chi connectivity index (χ0v) is 12.7. The number of aromatic nitrogens is 2. The molecule has 0 spiro atoms. The first-order valence-corrected chi connectivity index (χ1v) is 6.92. The third-order valence-electron chi connectivity index (χ3n) is 4.02. The lowest BCUT2D eigenvalue weighted by atomic mass is 9.98. The summed E-state index contributed by atoms with van der Waals surface area (Å²) in [5.41, 5.74) is -0.360. The second-order valence-corrected chi connectivity index (χ2v) is 5.45. The van der Waals surface area contributed by atoms with Crippen molar-refractivity contribution in [1.82, 2.24) is 9.97 Å². The zero-order chi connectivity index (χ0) is 17.8. The molecule has 0 unspecified atom stereocenters. The fourth-order valence-corrected chi connectivity index (χ4v) is 2.91. The second-order valence-electron chi connectivity index (χ2n) is 5.45. The summed E-state index contributed by atoms with van der Waals surface area (Å²) in [5, 5.41) is 18.6. The first-order chi connectivity index (χ1) is 11.2. The molecule has 2 heterocycles. The van der Waals surface area contributed by atoms with Gasteiger partial charge >= 0.3 is 11.9 Å². The molecule has 0 radical (unpaired) electrons. The molecule has 1 aromatic carbocycles. The van der Waals surface area contributed by atoms with Crippen LogP contribution in [0.5, 0.6) is 0 Å². The maximum atomic E-state index is 12.3. The molecule has 8 heteroatoms. The van der Waals surface area contributed by atoms with Gasteiger partial charge in [-0.15, -0.1) is 0 Å². The number of rotatable bonds is 2. The van der Waals surface area contributed by atoms with Gasteiger partial charge in [-0.2, -0.15) is 0 Å². The van der Waals surface area contributed by atoms with E-state index >= 15 is 0 Å². The Morgan fingerprint density at radius 3 is 1.42 bits per heavy atom. The number of benzene rings is 1. The quantitative estimate of drug-likeness (QED) is 0.524. The molecule has 0 fully saturated rings. The van der Waals surface area contributed by atoms with Crippen molar-refractivity contribution in [3.8, 4) is 0 Å². The number of carboxylic acids is 2. The van der Waals surface area contributed by atoms with Crippen LogP contribution in [0.2, 0.25) is 0 Å². The SMILES string of the molecule is Cc1c2[nH]c(C(=O)O)cc(=O)c2c(C)c2[nH]c(C(=O)O)cc(=O)c12. The number of aromatic carboxylic acids is 2. The van der Waals surface area contributed by atoms with E-state index in [9.17, 15) is 19.2 Å². The molecule has 2 aromatic heterocycles. The Kier molecular flexibility index (Phi) is 3.26. The van der Waals surface area contributed by atoms with Crippen LogP contribution in [0.3, 0.4) is 0 Å². The number of nitrogens with one attached hydrogen (secondary N) is 2. The van der Waals surface area contributed by atoms with E-state index in [4.69, 9.17) is 10.2 Å². The predicted molar refractivity (Wildman–Crippen MR) is 86.1 cm³/mol. The summed E-state index contributed by atoms with van der Waals surface area (Å²) in [6.45, 7) is 3.14. The number of carbonyl (C=O) groups is 2. The molecule has 122 valence electrons.